The Kier molecular flexibility index (Phi) is 8.18. The van der Waals surface area contributed by atoms with Crippen LogP contribution in [-0.4, -0.2) is 34.4 Å². The molecule has 0 saturated carbocycles. The number of aromatic amines is 1. The molecule has 1 heterocycles. The zero-order chi connectivity index (χ0) is 24.8. The van der Waals surface area contributed by atoms with Crippen LogP contribution in [0.5, 0.6) is 0 Å². The van der Waals surface area contributed by atoms with E-state index in [0.717, 1.165) is 16.7 Å². The van der Waals surface area contributed by atoms with Crippen LogP contribution in [-0.2, 0) is 0 Å². The second-order valence-corrected chi connectivity index (χ2v) is 9.07. The van der Waals surface area contributed by atoms with Gasteiger partial charge in [-0.2, -0.15) is 0 Å². The van der Waals surface area contributed by atoms with E-state index in [9.17, 15) is 19.5 Å². The fourth-order valence-electron chi connectivity index (χ4n) is 3.99. The Bertz CT molecular complexity index is 1210. The molecule has 2 atom stereocenters. The molecule has 0 aliphatic rings. The van der Waals surface area contributed by atoms with E-state index in [-0.39, 0.29) is 48.2 Å². The number of aliphatic hydroxyl groups is 1. The summed E-state index contributed by atoms with van der Waals surface area (Å²) < 4.78 is 0. The number of nitrogens with one attached hydrogen (secondary N) is 2. The Labute approximate surface area is 200 Å². The fourth-order valence-corrected chi connectivity index (χ4v) is 3.99. The first-order chi connectivity index (χ1) is 16.2. The molecule has 0 bridgehead atoms. The Morgan fingerprint density at radius 1 is 0.971 bits per heavy atom. The highest BCUT2D eigenvalue weighted by atomic mass is 16.3. The zero-order valence-corrected chi connectivity index (χ0v) is 20.1. The smallest absolute Gasteiger partial charge is 0.251 e. The van der Waals surface area contributed by atoms with E-state index < -0.39 is 0 Å². The van der Waals surface area contributed by atoms with Crippen molar-refractivity contribution in [2.24, 2.45) is 5.92 Å². The van der Waals surface area contributed by atoms with Gasteiger partial charge in [0.15, 0.2) is 5.78 Å². The summed E-state index contributed by atoms with van der Waals surface area (Å²) in [5.41, 5.74) is 4.28. The Hall–Kier alpha value is -3.51. The molecule has 1 aromatic heterocycles. The number of H-pyrrole nitrogens is 1. The monoisotopic (exact) mass is 460 g/mol. The maximum Gasteiger partial charge on any atom is 0.251 e. The zero-order valence-electron chi connectivity index (χ0n) is 20.1. The van der Waals surface area contributed by atoms with E-state index in [1.54, 1.807) is 25.1 Å². The van der Waals surface area contributed by atoms with Crippen molar-refractivity contribution >= 4 is 11.7 Å². The summed E-state index contributed by atoms with van der Waals surface area (Å²) >= 11 is 0. The van der Waals surface area contributed by atoms with Crippen molar-refractivity contribution in [2.45, 2.75) is 46.1 Å². The Balaban J connectivity index is 1.90. The molecule has 0 fully saturated rings. The predicted octanol–water partition coefficient (Wildman–Crippen LogP) is 4.14. The molecule has 34 heavy (non-hydrogen) atoms. The van der Waals surface area contributed by atoms with Crippen molar-refractivity contribution in [2.75, 3.05) is 6.61 Å². The third kappa shape index (κ3) is 5.88. The van der Waals surface area contributed by atoms with E-state index >= 15 is 0 Å². The average molecular weight is 461 g/mol. The molecule has 0 saturated heterocycles. The van der Waals surface area contributed by atoms with Crippen LogP contribution in [0, 0.1) is 19.8 Å². The van der Waals surface area contributed by atoms with Crippen LogP contribution >= 0.6 is 0 Å². The van der Waals surface area contributed by atoms with Gasteiger partial charge >= 0.3 is 0 Å². The van der Waals surface area contributed by atoms with Gasteiger partial charge in [-0.05, 0) is 54.7 Å². The van der Waals surface area contributed by atoms with Crippen LogP contribution in [0.2, 0.25) is 0 Å². The Morgan fingerprint density at radius 2 is 1.65 bits per heavy atom. The third-order valence-corrected chi connectivity index (χ3v) is 6.26. The van der Waals surface area contributed by atoms with E-state index in [2.05, 4.69) is 10.3 Å². The number of Topliss-reactive ketones (excluding diaryl/α,β-unsaturated/α-hetero) is 1. The van der Waals surface area contributed by atoms with Gasteiger partial charge in [-0.25, -0.2) is 0 Å². The van der Waals surface area contributed by atoms with Crippen molar-refractivity contribution in [1.29, 1.82) is 0 Å². The maximum absolute atomic E-state index is 13.2. The first-order valence-corrected chi connectivity index (χ1v) is 11.5. The summed E-state index contributed by atoms with van der Waals surface area (Å²) in [6.45, 7) is 7.46. The van der Waals surface area contributed by atoms with Crippen molar-refractivity contribution in [1.82, 2.24) is 10.3 Å². The van der Waals surface area contributed by atoms with Gasteiger partial charge in [0.05, 0.1) is 12.6 Å². The number of pyridine rings is 1. The maximum atomic E-state index is 13.2. The van der Waals surface area contributed by atoms with Gasteiger partial charge in [-0.3, -0.25) is 14.4 Å². The molecule has 0 spiro atoms. The summed E-state index contributed by atoms with van der Waals surface area (Å²) in [4.78, 5) is 40.1. The standard InChI is InChI=1S/C28H32N2O4/c1-17(2)25(16-31)30-28(34)21-11-9-20(10-12-21)24(23-8-6-5-7-18(23)3)14-26(32)22-13-19(4)27(33)29-15-22/h5-13,15,17,24-25,31H,14,16H2,1-4H3,(H,29,33)(H,30,34)/t24?,25-/m1/s1. The minimum Gasteiger partial charge on any atom is -0.394 e. The summed E-state index contributed by atoms with van der Waals surface area (Å²) in [6, 6.07) is 16.5. The van der Waals surface area contributed by atoms with Crippen molar-refractivity contribution in [3.05, 3.63) is 105 Å². The third-order valence-electron chi connectivity index (χ3n) is 6.26. The summed E-state index contributed by atoms with van der Waals surface area (Å²) in [5.74, 6) is -0.413. The number of aromatic nitrogens is 1. The fraction of sp³-hybridized carbons (Fsp3) is 0.321. The molecule has 0 aliphatic heterocycles. The van der Waals surface area contributed by atoms with Gasteiger partial charge in [0.25, 0.3) is 11.5 Å². The summed E-state index contributed by atoms with van der Waals surface area (Å²) in [7, 11) is 0. The number of carbonyl (C=O) groups excluding carboxylic acids is 2. The van der Waals surface area contributed by atoms with Gasteiger partial charge in [0.1, 0.15) is 0 Å². The molecule has 6 nitrogen and oxygen atoms in total. The highest BCUT2D eigenvalue weighted by Gasteiger charge is 2.22. The van der Waals surface area contributed by atoms with Crippen molar-refractivity contribution in [3.63, 3.8) is 0 Å². The van der Waals surface area contributed by atoms with Crippen molar-refractivity contribution in [3.8, 4) is 0 Å². The molecule has 3 rings (SSSR count). The lowest BCUT2D eigenvalue weighted by molar-refractivity contribution is 0.0896. The van der Waals surface area contributed by atoms with E-state index in [0.29, 0.717) is 16.7 Å². The number of rotatable bonds is 9. The largest absolute Gasteiger partial charge is 0.394 e. The molecule has 0 radical (unpaired) electrons. The topological polar surface area (TPSA) is 99.3 Å². The number of aryl methyl sites for hydroxylation is 2. The molecule has 2 aromatic carbocycles. The first kappa shape index (κ1) is 25.1. The van der Waals surface area contributed by atoms with E-state index in [4.69, 9.17) is 0 Å². The van der Waals surface area contributed by atoms with Crippen LogP contribution in [0.25, 0.3) is 0 Å². The van der Waals surface area contributed by atoms with Crippen LogP contribution in [0.4, 0.5) is 0 Å². The number of benzene rings is 2. The molecule has 3 aromatic rings. The average Bonchev–Trinajstić information content (AvgIpc) is 2.83. The van der Waals surface area contributed by atoms with Crippen LogP contribution in [0.15, 0.2) is 65.6 Å². The van der Waals surface area contributed by atoms with Gasteiger partial charge in [-0.15, -0.1) is 0 Å². The van der Waals surface area contributed by atoms with Gasteiger partial charge in [0.2, 0.25) is 0 Å². The van der Waals surface area contributed by atoms with E-state index in [1.807, 2.05) is 57.2 Å². The second-order valence-electron chi connectivity index (χ2n) is 9.07. The highest BCUT2D eigenvalue weighted by Crippen LogP contribution is 2.32. The van der Waals surface area contributed by atoms with Crippen molar-refractivity contribution < 1.29 is 14.7 Å². The molecule has 3 N–H and O–H groups in total. The quantitative estimate of drug-likeness (QED) is 0.418. The SMILES string of the molecule is Cc1ccccc1C(CC(=O)c1c[nH]c(=O)c(C)c1)c1ccc(C(=O)N[C@H](CO)C(C)C)cc1. The summed E-state index contributed by atoms with van der Waals surface area (Å²) in [6.07, 6.45) is 1.69. The lowest BCUT2D eigenvalue weighted by Gasteiger charge is -2.21. The number of ketones is 1. The molecule has 6 heteroatoms. The van der Waals surface area contributed by atoms with Gasteiger partial charge in [0, 0.05) is 35.2 Å². The lowest BCUT2D eigenvalue weighted by atomic mass is 9.83. The van der Waals surface area contributed by atoms with Crippen LogP contribution in [0.1, 0.15) is 69.2 Å². The summed E-state index contributed by atoms with van der Waals surface area (Å²) in [5, 5.41) is 12.4. The second kappa shape index (κ2) is 11.1. The van der Waals surface area contributed by atoms with Gasteiger partial charge in [-0.1, -0.05) is 50.2 Å². The lowest BCUT2D eigenvalue weighted by Crippen LogP contribution is -2.41. The number of carbonyl (C=O) groups is 2. The number of hydrogen-bond acceptors (Lipinski definition) is 4. The number of hydrogen-bond donors (Lipinski definition) is 3. The van der Waals surface area contributed by atoms with Crippen LogP contribution in [0.3, 0.4) is 0 Å². The Morgan fingerprint density at radius 3 is 2.24 bits per heavy atom. The first-order valence-electron chi connectivity index (χ1n) is 11.5. The number of amides is 1. The molecule has 1 unspecified atom stereocenters. The normalized spacial score (nSPS) is 12.9. The molecule has 178 valence electrons. The molecule has 0 aliphatic carbocycles. The van der Waals surface area contributed by atoms with E-state index in [1.165, 1.54) is 6.20 Å². The molecular formula is C28H32N2O4. The minimum atomic E-state index is -0.315. The highest BCUT2D eigenvalue weighted by molar-refractivity contribution is 5.97. The predicted molar refractivity (Wildman–Crippen MR) is 133 cm³/mol. The molecular weight excluding hydrogens is 428 g/mol. The van der Waals surface area contributed by atoms with Crippen LogP contribution < -0.4 is 10.9 Å². The minimum absolute atomic E-state index is 0.0721. The van der Waals surface area contributed by atoms with Gasteiger partial charge < -0.3 is 15.4 Å². The molecule has 1 amide bonds. The number of aliphatic hydroxyl groups excluding tert-OH is 1.